The second-order valence-corrected chi connectivity index (χ2v) is 7.49. The summed E-state index contributed by atoms with van der Waals surface area (Å²) in [5.41, 5.74) is 0. The minimum atomic E-state index is -3.64. The van der Waals surface area contributed by atoms with Gasteiger partial charge in [0.25, 0.3) is 0 Å². The Morgan fingerprint density at radius 3 is 2.64 bits per heavy atom. The summed E-state index contributed by atoms with van der Waals surface area (Å²) in [6.07, 6.45) is 1.11. The lowest BCUT2D eigenvalue weighted by molar-refractivity contribution is -0.0679. The Morgan fingerprint density at radius 1 is 1.32 bits per heavy atom. The van der Waals surface area contributed by atoms with E-state index in [0.717, 1.165) is 25.7 Å². The average molecular weight is 330 g/mol. The van der Waals surface area contributed by atoms with Gasteiger partial charge in [-0.15, -0.1) is 0 Å². The molecule has 1 heterocycles. The highest BCUT2D eigenvalue weighted by Crippen LogP contribution is 2.12. The maximum Gasteiger partial charge on any atom is 0.240 e. The van der Waals surface area contributed by atoms with Crippen molar-refractivity contribution in [3.8, 4) is 0 Å². The fourth-order valence-corrected chi connectivity index (χ4v) is 3.80. The normalized spacial score (nSPS) is 23.6. The highest BCUT2D eigenvalue weighted by Gasteiger charge is 2.21. The Kier molecular flexibility index (Phi) is 5.91. The van der Waals surface area contributed by atoms with Gasteiger partial charge in [-0.05, 0) is 45.0 Å². The van der Waals surface area contributed by atoms with Gasteiger partial charge in [0.05, 0.1) is 17.1 Å². The van der Waals surface area contributed by atoms with E-state index in [9.17, 15) is 12.8 Å². The number of hydrogen-bond donors (Lipinski definition) is 1. The standard InChI is InChI=1S/C15H23FN2O3S/c1-12-10-18(11-13(2)21-12)8-4-7-17-22(19,20)15-6-3-5-14(16)9-15/h3,5-6,9,12-13,17H,4,7-8,10-11H2,1-2H3. The summed E-state index contributed by atoms with van der Waals surface area (Å²) in [5.74, 6) is -0.556. The molecule has 2 unspecified atom stereocenters. The zero-order valence-electron chi connectivity index (χ0n) is 13.0. The summed E-state index contributed by atoms with van der Waals surface area (Å²) in [7, 11) is -3.64. The van der Waals surface area contributed by atoms with Gasteiger partial charge in [-0.3, -0.25) is 4.90 Å². The van der Waals surface area contributed by atoms with Crippen LogP contribution in [0.5, 0.6) is 0 Å². The van der Waals surface area contributed by atoms with E-state index in [-0.39, 0.29) is 17.1 Å². The molecule has 124 valence electrons. The molecule has 22 heavy (non-hydrogen) atoms. The van der Waals surface area contributed by atoms with Gasteiger partial charge in [0.1, 0.15) is 5.82 Å². The number of benzene rings is 1. The Bertz CT molecular complexity index is 584. The number of halogens is 1. The third-order valence-corrected chi connectivity index (χ3v) is 5.00. The number of nitrogens with zero attached hydrogens (tertiary/aromatic N) is 1. The summed E-state index contributed by atoms with van der Waals surface area (Å²) in [6, 6.07) is 5.02. The molecule has 1 saturated heterocycles. The van der Waals surface area contributed by atoms with Crippen molar-refractivity contribution in [2.75, 3.05) is 26.2 Å². The molecule has 5 nitrogen and oxygen atoms in total. The van der Waals surface area contributed by atoms with Crippen molar-refractivity contribution in [2.24, 2.45) is 0 Å². The van der Waals surface area contributed by atoms with Gasteiger partial charge in [0.15, 0.2) is 0 Å². The maximum absolute atomic E-state index is 13.1. The number of rotatable bonds is 6. The minimum Gasteiger partial charge on any atom is -0.373 e. The predicted molar refractivity (Wildman–Crippen MR) is 82.7 cm³/mol. The molecule has 1 aliphatic rings. The molecule has 1 aromatic rings. The molecular formula is C15H23FN2O3S. The largest absolute Gasteiger partial charge is 0.373 e. The van der Waals surface area contributed by atoms with E-state index in [2.05, 4.69) is 9.62 Å². The number of sulfonamides is 1. The molecule has 1 N–H and O–H groups in total. The molecule has 0 aromatic heterocycles. The van der Waals surface area contributed by atoms with E-state index in [1.165, 1.54) is 18.2 Å². The Balaban J connectivity index is 1.78. The number of morpholine rings is 1. The Morgan fingerprint density at radius 2 is 2.00 bits per heavy atom. The average Bonchev–Trinajstić information content (AvgIpc) is 2.43. The van der Waals surface area contributed by atoms with Crippen LogP contribution < -0.4 is 4.72 Å². The van der Waals surface area contributed by atoms with E-state index >= 15 is 0 Å². The van der Waals surface area contributed by atoms with Crippen molar-refractivity contribution in [1.29, 1.82) is 0 Å². The lowest BCUT2D eigenvalue weighted by Gasteiger charge is -2.35. The number of nitrogens with one attached hydrogen (secondary N) is 1. The highest BCUT2D eigenvalue weighted by molar-refractivity contribution is 7.89. The molecular weight excluding hydrogens is 307 g/mol. The molecule has 0 radical (unpaired) electrons. The van der Waals surface area contributed by atoms with Crippen LogP contribution in [0.1, 0.15) is 20.3 Å². The monoisotopic (exact) mass is 330 g/mol. The van der Waals surface area contributed by atoms with Gasteiger partial charge in [0.2, 0.25) is 10.0 Å². The summed E-state index contributed by atoms with van der Waals surface area (Å²) in [4.78, 5) is 2.23. The van der Waals surface area contributed by atoms with E-state index < -0.39 is 15.8 Å². The molecule has 0 bridgehead atoms. The molecule has 0 saturated carbocycles. The fourth-order valence-electron chi connectivity index (χ4n) is 2.69. The van der Waals surface area contributed by atoms with Crippen LogP contribution in [0.3, 0.4) is 0 Å². The SMILES string of the molecule is CC1CN(CCCNS(=O)(=O)c2cccc(F)c2)CC(C)O1. The van der Waals surface area contributed by atoms with E-state index in [0.29, 0.717) is 13.0 Å². The third-order valence-electron chi connectivity index (χ3n) is 3.54. The smallest absolute Gasteiger partial charge is 0.240 e. The summed E-state index contributed by atoms with van der Waals surface area (Å²) < 4.78 is 45.3. The van der Waals surface area contributed by atoms with Gasteiger partial charge < -0.3 is 4.74 Å². The minimum absolute atomic E-state index is 0.0406. The molecule has 1 fully saturated rings. The molecule has 0 amide bonds. The van der Waals surface area contributed by atoms with Gasteiger partial charge in [-0.2, -0.15) is 0 Å². The lowest BCUT2D eigenvalue weighted by atomic mass is 10.2. The van der Waals surface area contributed by atoms with Crippen molar-refractivity contribution in [3.63, 3.8) is 0 Å². The van der Waals surface area contributed by atoms with Gasteiger partial charge >= 0.3 is 0 Å². The van der Waals surface area contributed by atoms with Crippen LogP contribution >= 0.6 is 0 Å². The molecule has 0 aliphatic carbocycles. The number of hydrogen-bond acceptors (Lipinski definition) is 4. The van der Waals surface area contributed by atoms with Crippen molar-refractivity contribution >= 4 is 10.0 Å². The topological polar surface area (TPSA) is 58.6 Å². The Labute approximate surface area is 131 Å². The van der Waals surface area contributed by atoms with Gasteiger partial charge in [0, 0.05) is 19.6 Å². The van der Waals surface area contributed by atoms with Crippen LogP contribution in [0, 0.1) is 5.82 Å². The zero-order chi connectivity index (χ0) is 16.2. The molecule has 2 rings (SSSR count). The van der Waals surface area contributed by atoms with E-state index in [1.54, 1.807) is 0 Å². The molecule has 2 atom stereocenters. The highest BCUT2D eigenvalue weighted by atomic mass is 32.2. The molecule has 7 heteroatoms. The van der Waals surface area contributed by atoms with Crippen molar-refractivity contribution < 1.29 is 17.5 Å². The fraction of sp³-hybridized carbons (Fsp3) is 0.600. The first-order valence-corrected chi connectivity index (χ1v) is 8.98. The first-order chi connectivity index (χ1) is 10.4. The Hall–Kier alpha value is -1.02. The quantitative estimate of drug-likeness (QED) is 0.805. The van der Waals surface area contributed by atoms with Crippen LogP contribution in [-0.2, 0) is 14.8 Å². The van der Waals surface area contributed by atoms with Gasteiger partial charge in [-0.25, -0.2) is 17.5 Å². The van der Waals surface area contributed by atoms with Gasteiger partial charge in [-0.1, -0.05) is 6.07 Å². The first-order valence-electron chi connectivity index (χ1n) is 7.50. The van der Waals surface area contributed by atoms with Crippen molar-refractivity contribution in [2.45, 2.75) is 37.4 Å². The zero-order valence-corrected chi connectivity index (χ0v) is 13.8. The van der Waals surface area contributed by atoms with Crippen molar-refractivity contribution in [1.82, 2.24) is 9.62 Å². The molecule has 0 spiro atoms. The second-order valence-electron chi connectivity index (χ2n) is 5.73. The van der Waals surface area contributed by atoms with Crippen LogP contribution in [0.2, 0.25) is 0 Å². The molecule has 1 aromatic carbocycles. The first kappa shape index (κ1) is 17.3. The summed E-state index contributed by atoms with van der Waals surface area (Å²) in [5, 5.41) is 0. The van der Waals surface area contributed by atoms with Crippen LogP contribution in [0.15, 0.2) is 29.2 Å². The summed E-state index contributed by atoms with van der Waals surface area (Å²) in [6.45, 7) is 6.94. The van der Waals surface area contributed by atoms with E-state index in [1.807, 2.05) is 13.8 Å². The maximum atomic E-state index is 13.1. The summed E-state index contributed by atoms with van der Waals surface area (Å²) >= 11 is 0. The van der Waals surface area contributed by atoms with Crippen LogP contribution in [0.4, 0.5) is 4.39 Å². The van der Waals surface area contributed by atoms with Crippen LogP contribution in [0.25, 0.3) is 0 Å². The second kappa shape index (κ2) is 7.50. The van der Waals surface area contributed by atoms with Crippen LogP contribution in [-0.4, -0.2) is 51.7 Å². The predicted octanol–water partition coefficient (Wildman–Crippen LogP) is 1.60. The lowest BCUT2D eigenvalue weighted by Crippen LogP contribution is -2.46. The van der Waals surface area contributed by atoms with Crippen molar-refractivity contribution in [3.05, 3.63) is 30.1 Å². The van der Waals surface area contributed by atoms with E-state index in [4.69, 9.17) is 4.74 Å². The molecule has 1 aliphatic heterocycles. The number of ether oxygens (including phenoxy) is 1. The third kappa shape index (κ3) is 5.01.